The lowest BCUT2D eigenvalue weighted by atomic mass is 10.1. The second kappa shape index (κ2) is 8.41. The molecule has 0 bridgehead atoms. The minimum absolute atomic E-state index is 0.178. The number of aryl methyl sites for hydroxylation is 1. The van der Waals surface area contributed by atoms with Gasteiger partial charge in [0.25, 0.3) is 11.8 Å². The standard InChI is InChI=1S/C23H24N4O2/c1-17-18(16-27(25-17)19-9-3-2-4-10-19)15-24-13-7-8-14-26-22(28)20-11-5-6-12-21(20)23(26)29/h2-6,9-12,16,24H,7-8,13-15H2,1H3. The highest BCUT2D eigenvalue weighted by Gasteiger charge is 2.34. The van der Waals surface area contributed by atoms with E-state index in [4.69, 9.17) is 0 Å². The first-order valence-corrected chi connectivity index (χ1v) is 9.91. The van der Waals surface area contributed by atoms with E-state index in [1.165, 1.54) is 4.90 Å². The zero-order valence-corrected chi connectivity index (χ0v) is 16.5. The Morgan fingerprint density at radius 3 is 2.24 bits per heavy atom. The maximum atomic E-state index is 12.3. The zero-order chi connectivity index (χ0) is 20.2. The van der Waals surface area contributed by atoms with Gasteiger partial charge >= 0.3 is 0 Å². The van der Waals surface area contributed by atoms with Crippen molar-refractivity contribution in [2.45, 2.75) is 26.3 Å². The van der Waals surface area contributed by atoms with Crippen LogP contribution in [0.5, 0.6) is 0 Å². The summed E-state index contributed by atoms with van der Waals surface area (Å²) in [6, 6.07) is 17.1. The number of nitrogens with zero attached hydrogens (tertiary/aromatic N) is 3. The molecule has 1 aromatic heterocycles. The first-order valence-electron chi connectivity index (χ1n) is 9.91. The van der Waals surface area contributed by atoms with Gasteiger partial charge in [0.05, 0.1) is 22.5 Å². The molecule has 0 atom stereocenters. The molecule has 6 nitrogen and oxygen atoms in total. The number of imide groups is 1. The van der Waals surface area contributed by atoms with E-state index < -0.39 is 0 Å². The molecule has 0 fully saturated rings. The lowest BCUT2D eigenvalue weighted by molar-refractivity contribution is 0.0651. The summed E-state index contributed by atoms with van der Waals surface area (Å²) in [5, 5.41) is 8.01. The number of rotatable bonds is 8. The molecule has 2 amide bonds. The van der Waals surface area contributed by atoms with Crippen molar-refractivity contribution in [2.75, 3.05) is 13.1 Å². The molecule has 0 spiro atoms. The quantitative estimate of drug-likeness (QED) is 0.475. The van der Waals surface area contributed by atoms with Crippen molar-refractivity contribution >= 4 is 11.8 Å². The van der Waals surface area contributed by atoms with Gasteiger partial charge in [-0.05, 0) is 50.6 Å². The summed E-state index contributed by atoms with van der Waals surface area (Å²) in [6.07, 6.45) is 3.72. The topological polar surface area (TPSA) is 67.2 Å². The number of carbonyl (C=O) groups excluding carboxylic acids is 2. The summed E-state index contributed by atoms with van der Waals surface area (Å²) in [6.45, 7) is 4.03. The van der Waals surface area contributed by atoms with Crippen LogP contribution in [0.2, 0.25) is 0 Å². The normalized spacial score (nSPS) is 13.2. The molecular formula is C23H24N4O2. The highest BCUT2D eigenvalue weighted by Crippen LogP contribution is 2.22. The highest BCUT2D eigenvalue weighted by atomic mass is 16.2. The number of hydrogen-bond acceptors (Lipinski definition) is 4. The Morgan fingerprint density at radius 1 is 0.897 bits per heavy atom. The summed E-state index contributed by atoms with van der Waals surface area (Å²) in [5.74, 6) is -0.356. The van der Waals surface area contributed by atoms with Gasteiger partial charge in [-0.15, -0.1) is 0 Å². The van der Waals surface area contributed by atoms with Gasteiger partial charge in [0.1, 0.15) is 0 Å². The minimum atomic E-state index is -0.178. The van der Waals surface area contributed by atoms with Crippen molar-refractivity contribution in [2.24, 2.45) is 0 Å². The first kappa shape index (κ1) is 19.1. The van der Waals surface area contributed by atoms with Crippen molar-refractivity contribution in [1.29, 1.82) is 0 Å². The lowest BCUT2D eigenvalue weighted by Gasteiger charge is -2.13. The van der Waals surface area contributed by atoms with E-state index in [0.29, 0.717) is 17.7 Å². The maximum absolute atomic E-state index is 12.3. The Bertz CT molecular complexity index is 991. The fourth-order valence-electron chi connectivity index (χ4n) is 3.57. The van der Waals surface area contributed by atoms with Gasteiger partial charge in [0.15, 0.2) is 0 Å². The van der Waals surface area contributed by atoms with Crippen LogP contribution in [-0.2, 0) is 6.54 Å². The minimum Gasteiger partial charge on any atom is -0.313 e. The van der Waals surface area contributed by atoms with E-state index in [9.17, 15) is 9.59 Å². The van der Waals surface area contributed by atoms with Crippen LogP contribution in [0.3, 0.4) is 0 Å². The highest BCUT2D eigenvalue weighted by molar-refractivity contribution is 6.21. The molecule has 6 heteroatoms. The van der Waals surface area contributed by atoms with E-state index in [0.717, 1.165) is 42.9 Å². The number of amides is 2. The van der Waals surface area contributed by atoms with E-state index in [2.05, 4.69) is 16.6 Å². The molecule has 29 heavy (non-hydrogen) atoms. The largest absolute Gasteiger partial charge is 0.313 e. The average molecular weight is 388 g/mol. The second-order valence-corrected chi connectivity index (χ2v) is 7.21. The molecule has 0 saturated heterocycles. The third-order valence-electron chi connectivity index (χ3n) is 5.20. The molecule has 1 aliphatic rings. The van der Waals surface area contributed by atoms with E-state index in [-0.39, 0.29) is 11.8 Å². The Hall–Kier alpha value is -3.25. The number of carbonyl (C=O) groups is 2. The smallest absolute Gasteiger partial charge is 0.261 e. The predicted molar refractivity (Wildman–Crippen MR) is 111 cm³/mol. The van der Waals surface area contributed by atoms with Gasteiger partial charge in [-0.3, -0.25) is 14.5 Å². The number of hydrogen-bond donors (Lipinski definition) is 1. The van der Waals surface area contributed by atoms with Gasteiger partial charge in [-0.1, -0.05) is 30.3 Å². The SMILES string of the molecule is Cc1nn(-c2ccccc2)cc1CNCCCCN1C(=O)c2ccccc2C1=O. The number of benzene rings is 2. The molecule has 0 aliphatic carbocycles. The fraction of sp³-hybridized carbons (Fsp3) is 0.261. The Morgan fingerprint density at radius 2 is 1.55 bits per heavy atom. The molecule has 148 valence electrons. The molecule has 0 saturated carbocycles. The molecule has 0 radical (unpaired) electrons. The van der Waals surface area contributed by atoms with E-state index in [1.807, 2.05) is 41.9 Å². The Kier molecular flexibility index (Phi) is 5.53. The molecule has 1 aliphatic heterocycles. The molecule has 4 rings (SSSR count). The first-order chi connectivity index (χ1) is 14.1. The Labute approximate surface area is 170 Å². The third kappa shape index (κ3) is 3.98. The molecule has 2 heterocycles. The third-order valence-corrected chi connectivity index (χ3v) is 5.20. The number of nitrogens with one attached hydrogen (secondary N) is 1. The van der Waals surface area contributed by atoms with Crippen molar-refractivity contribution in [1.82, 2.24) is 20.0 Å². The summed E-state index contributed by atoms with van der Waals surface area (Å²) in [5.41, 5.74) is 4.24. The van der Waals surface area contributed by atoms with Gasteiger partial charge in [0, 0.05) is 24.8 Å². The number of unbranched alkanes of at least 4 members (excludes halogenated alkanes) is 1. The molecule has 1 N–H and O–H groups in total. The van der Waals surface area contributed by atoms with Gasteiger partial charge in [0.2, 0.25) is 0 Å². The Balaban J connectivity index is 1.22. The zero-order valence-electron chi connectivity index (χ0n) is 16.5. The number of fused-ring (bicyclic) bond motifs is 1. The van der Waals surface area contributed by atoms with E-state index in [1.54, 1.807) is 24.3 Å². The van der Waals surface area contributed by atoms with Gasteiger partial charge in [-0.2, -0.15) is 5.10 Å². The van der Waals surface area contributed by atoms with Crippen LogP contribution in [0.25, 0.3) is 5.69 Å². The van der Waals surface area contributed by atoms with Gasteiger partial charge < -0.3 is 5.32 Å². The van der Waals surface area contributed by atoms with Crippen LogP contribution in [0.1, 0.15) is 44.8 Å². The number of aromatic nitrogens is 2. The van der Waals surface area contributed by atoms with E-state index >= 15 is 0 Å². The lowest BCUT2D eigenvalue weighted by Crippen LogP contribution is -2.31. The van der Waals surface area contributed by atoms with Crippen LogP contribution in [0.15, 0.2) is 60.8 Å². The van der Waals surface area contributed by atoms with Crippen LogP contribution in [0.4, 0.5) is 0 Å². The number of para-hydroxylation sites is 1. The average Bonchev–Trinajstić information content (AvgIpc) is 3.24. The molecule has 0 unspecified atom stereocenters. The van der Waals surface area contributed by atoms with Crippen LogP contribution in [-0.4, -0.2) is 39.6 Å². The summed E-state index contributed by atoms with van der Waals surface area (Å²) >= 11 is 0. The fourth-order valence-corrected chi connectivity index (χ4v) is 3.57. The second-order valence-electron chi connectivity index (χ2n) is 7.21. The van der Waals surface area contributed by atoms with Crippen molar-refractivity contribution in [3.63, 3.8) is 0 Å². The summed E-state index contributed by atoms with van der Waals surface area (Å²) in [7, 11) is 0. The van der Waals surface area contributed by atoms with Gasteiger partial charge in [-0.25, -0.2) is 4.68 Å². The maximum Gasteiger partial charge on any atom is 0.261 e. The summed E-state index contributed by atoms with van der Waals surface area (Å²) in [4.78, 5) is 26.1. The monoisotopic (exact) mass is 388 g/mol. The molecule has 2 aromatic carbocycles. The van der Waals surface area contributed by atoms with Crippen LogP contribution in [0, 0.1) is 6.92 Å². The van der Waals surface area contributed by atoms with Crippen molar-refractivity contribution in [3.8, 4) is 5.69 Å². The van der Waals surface area contributed by atoms with Crippen molar-refractivity contribution < 1.29 is 9.59 Å². The van der Waals surface area contributed by atoms with Crippen molar-refractivity contribution in [3.05, 3.63) is 83.2 Å². The predicted octanol–water partition coefficient (Wildman–Crippen LogP) is 3.35. The summed E-state index contributed by atoms with van der Waals surface area (Å²) < 4.78 is 1.90. The molecule has 3 aromatic rings. The van der Waals surface area contributed by atoms with Crippen LogP contribution < -0.4 is 5.32 Å². The van der Waals surface area contributed by atoms with Crippen LogP contribution >= 0.6 is 0 Å². The molecular weight excluding hydrogens is 364 g/mol.